The molecule has 0 unspecified atom stereocenters. The summed E-state index contributed by atoms with van der Waals surface area (Å²) in [5.41, 5.74) is 6.60. The molecule has 5 heteroatoms. The predicted molar refractivity (Wildman–Crippen MR) is 147 cm³/mol. The molecular formula is C22H32I3OV. The summed E-state index contributed by atoms with van der Waals surface area (Å²) in [7, 11) is 0. The second kappa shape index (κ2) is 17.6. The van der Waals surface area contributed by atoms with Crippen molar-refractivity contribution in [3.8, 4) is 5.75 Å². The van der Waals surface area contributed by atoms with E-state index in [2.05, 4.69) is 92.8 Å². The van der Waals surface area contributed by atoms with E-state index in [1.165, 1.54) is 11.1 Å². The Balaban J connectivity index is 0. The van der Waals surface area contributed by atoms with Gasteiger partial charge in [0.05, 0.1) is 0 Å². The molecule has 152 valence electrons. The molecule has 0 heterocycles. The van der Waals surface area contributed by atoms with Gasteiger partial charge < -0.3 is 5.11 Å². The number of aromatic hydroxyl groups is 1. The minimum atomic E-state index is -0.278. The molecule has 0 saturated carbocycles. The summed E-state index contributed by atoms with van der Waals surface area (Å²) in [5, 5.41) is 10.3. The van der Waals surface area contributed by atoms with Crippen molar-refractivity contribution >= 4 is 72.1 Å². The zero-order valence-corrected chi connectivity index (χ0v) is 25.4. The SMILES string of the molecule is CC.CC.Cc1c(C)c(C)c(/C=C/c2ccccc2)c(O)c1C.[I][V]([I])[I]. The summed E-state index contributed by atoms with van der Waals surface area (Å²) >= 11 is 7.39. The van der Waals surface area contributed by atoms with E-state index in [-0.39, 0.29) is 4.92 Å². The van der Waals surface area contributed by atoms with Gasteiger partial charge in [-0.3, -0.25) is 0 Å². The van der Waals surface area contributed by atoms with Crippen LogP contribution in [-0.2, 0) is 4.92 Å². The molecule has 2 rings (SSSR count). The average molecular weight is 744 g/mol. The first-order valence-electron chi connectivity index (χ1n) is 9.05. The second-order valence-electron chi connectivity index (χ2n) is 5.20. The maximum absolute atomic E-state index is 10.3. The Kier molecular flexibility index (Phi) is 19.5. The molecule has 1 nitrogen and oxygen atoms in total. The van der Waals surface area contributed by atoms with Gasteiger partial charge in [0.15, 0.2) is 0 Å². The topological polar surface area (TPSA) is 20.2 Å². The molecular weight excluding hydrogens is 712 g/mol. The van der Waals surface area contributed by atoms with E-state index >= 15 is 0 Å². The molecule has 0 aromatic heterocycles. The predicted octanol–water partition coefficient (Wildman–Crippen LogP) is 9.50. The van der Waals surface area contributed by atoms with Crippen LogP contribution in [0.15, 0.2) is 30.3 Å². The first kappa shape index (κ1) is 30.0. The second-order valence-corrected chi connectivity index (χ2v) is 40.6. The number of phenols is 1. The summed E-state index contributed by atoms with van der Waals surface area (Å²) in [4.78, 5) is -0.278. The molecule has 0 atom stereocenters. The van der Waals surface area contributed by atoms with Crippen LogP contribution in [0.4, 0.5) is 0 Å². The third kappa shape index (κ3) is 11.5. The fraction of sp³-hybridized carbons (Fsp3) is 0.364. The Bertz CT molecular complexity index is 652. The van der Waals surface area contributed by atoms with Crippen molar-refractivity contribution in [1.29, 1.82) is 0 Å². The van der Waals surface area contributed by atoms with Gasteiger partial charge in [0, 0.05) is 5.56 Å². The molecule has 2 aromatic carbocycles. The third-order valence-corrected chi connectivity index (χ3v) is 3.94. The van der Waals surface area contributed by atoms with Crippen LogP contribution in [-0.4, -0.2) is 5.11 Å². The van der Waals surface area contributed by atoms with Gasteiger partial charge in [0.25, 0.3) is 0 Å². The molecule has 0 aliphatic carbocycles. The van der Waals surface area contributed by atoms with Gasteiger partial charge in [-0.2, -0.15) is 0 Å². The van der Waals surface area contributed by atoms with E-state index in [1.54, 1.807) is 0 Å². The van der Waals surface area contributed by atoms with Gasteiger partial charge in [0.2, 0.25) is 0 Å². The Morgan fingerprint density at radius 3 is 1.56 bits per heavy atom. The maximum atomic E-state index is 10.3. The van der Waals surface area contributed by atoms with Gasteiger partial charge in [0.1, 0.15) is 5.75 Å². The Morgan fingerprint density at radius 1 is 0.704 bits per heavy atom. The number of hydrogen-bond acceptors (Lipinski definition) is 1. The molecule has 0 spiro atoms. The standard InChI is InChI=1S/C18H20O.2C2H6.3HI.V/c1-12-13(2)15(4)18(19)17(14(12)3)11-10-16-8-6-5-7-9-16;2*1-2;;;;/h5-11,19H,1-4H3;2*1-2H3;3*1H;/q;;;;;;+3/p-3/b11-10+;;;;;;. The third-order valence-electron chi connectivity index (χ3n) is 3.94. The summed E-state index contributed by atoms with van der Waals surface area (Å²) in [5.74, 6) is 0.396. The minimum absolute atomic E-state index is 0.278. The van der Waals surface area contributed by atoms with Gasteiger partial charge >= 0.3 is 64.9 Å². The van der Waals surface area contributed by atoms with Crippen LogP contribution in [0.25, 0.3) is 12.2 Å². The van der Waals surface area contributed by atoms with E-state index in [9.17, 15) is 5.11 Å². The van der Waals surface area contributed by atoms with Crippen LogP contribution in [0.2, 0.25) is 0 Å². The van der Waals surface area contributed by atoms with E-state index in [0.717, 1.165) is 22.3 Å². The summed E-state index contributed by atoms with van der Waals surface area (Å²) in [6.45, 7) is 16.2. The van der Waals surface area contributed by atoms with Crippen LogP contribution in [0, 0.1) is 27.7 Å². The first-order chi connectivity index (χ1) is 12.8. The van der Waals surface area contributed by atoms with Crippen molar-refractivity contribution in [1.82, 2.24) is 0 Å². The molecule has 0 amide bonds. The Hall–Kier alpha value is 0.754. The average Bonchev–Trinajstić information content (AvgIpc) is 2.68. The number of rotatable bonds is 2. The van der Waals surface area contributed by atoms with Crippen molar-refractivity contribution in [3.63, 3.8) is 0 Å². The van der Waals surface area contributed by atoms with E-state index in [1.807, 2.05) is 65.0 Å². The van der Waals surface area contributed by atoms with Crippen LogP contribution < -0.4 is 0 Å². The summed E-state index contributed by atoms with van der Waals surface area (Å²) in [6, 6.07) is 10.1. The van der Waals surface area contributed by atoms with Crippen molar-refractivity contribution < 1.29 is 10.0 Å². The van der Waals surface area contributed by atoms with E-state index in [0.29, 0.717) is 5.75 Å². The first-order valence-corrected chi connectivity index (χ1v) is 22.6. The fourth-order valence-electron chi connectivity index (χ4n) is 2.27. The quantitative estimate of drug-likeness (QED) is 0.240. The molecule has 0 aliphatic heterocycles. The van der Waals surface area contributed by atoms with Crippen molar-refractivity contribution in [2.45, 2.75) is 55.4 Å². The molecule has 0 fully saturated rings. The normalized spacial score (nSPS) is 9.63. The van der Waals surface area contributed by atoms with Crippen molar-refractivity contribution in [3.05, 3.63) is 63.7 Å². The summed E-state index contributed by atoms with van der Waals surface area (Å²) in [6.07, 6.45) is 4.04. The molecule has 0 saturated heterocycles. The van der Waals surface area contributed by atoms with Gasteiger partial charge in [-0.15, -0.1) is 0 Å². The molecule has 1 N–H and O–H groups in total. The van der Waals surface area contributed by atoms with Crippen LogP contribution in [0.3, 0.4) is 0 Å². The van der Waals surface area contributed by atoms with Crippen LogP contribution in [0.5, 0.6) is 5.75 Å². The van der Waals surface area contributed by atoms with Gasteiger partial charge in [-0.25, -0.2) is 0 Å². The Labute approximate surface area is 204 Å². The van der Waals surface area contributed by atoms with Crippen molar-refractivity contribution in [2.75, 3.05) is 0 Å². The van der Waals surface area contributed by atoms with E-state index < -0.39 is 0 Å². The summed E-state index contributed by atoms with van der Waals surface area (Å²) < 4.78 is 0. The number of benzene rings is 2. The number of phenolic OH excluding ortho intramolecular Hbond substituents is 1. The molecule has 0 aliphatic rings. The van der Waals surface area contributed by atoms with Crippen LogP contribution in [0.1, 0.15) is 61.1 Å². The molecule has 27 heavy (non-hydrogen) atoms. The zero-order chi connectivity index (χ0) is 21.6. The Morgan fingerprint density at radius 2 is 1.11 bits per heavy atom. The van der Waals surface area contributed by atoms with Gasteiger partial charge in [-0.05, 0) is 55.5 Å². The van der Waals surface area contributed by atoms with E-state index in [4.69, 9.17) is 0 Å². The zero-order valence-electron chi connectivity index (χ0n) is 17.6. The van der Waals surface area contributed by atoms with Crippen molar-refractivity contribution in [2.24, 2.45) is 0 Å². The van der Waals surface area contributed by atoms with Gasteiger partial charge in [-0.1, -0.05) is 70.2 Å². The molecule has 0 bridgehead atoms. The molecule has 0 radical (unpaired) electrons. The van der Waals surface area contributed by atoms with Crippen LogP contribution >= 0.6 is 59.9 Å². The molecule has 2 aromatic rings. The fourth-order valence-corrected chi connectivity index (χ4v) is 2.27. The monoisotopic (exact) mass is 744 g/mol. The number of hydrogen-bond donors (Lipinski definition) is 1. The number of halogens is 3.